The van der Waals surface area contributed by atoms with Gasteiger partial charge < -0.3 is 5.73 Å². The van der Waals surface area contributed by atoms with Gasteiger partial charge in [0.25, 0.3) is 0 Å². The predicted molar refractivity (Wildman–Crippen MR) is 68.0 cm³/mol. The van der Waals surface area contributed by atoms with Crippen LogP contribution in [0, 0.1) is 11.7 Å². The van der Waals surface area contributed by atoms with Gasteiger partial charge in [-0.1, -0.05) is 19.1 Å². The van der Waals surface area contributed by atoms with Crippen LogP contribution in [0.4, 0.5) is 4.39 Å². The van der Waals surface area contributed by atoms with Gasteiger partial charge in [0.1, 0.15) is 5.82 Å². The molecule has 1 fully saturated rings. The molecule has 0 amide bonds. The molecule has 0 aromatic heterocycles. The van der Waals surface area contributed by atoms with E-state index >= 15 is 0 Å². The summed E-state index contributed by atoms with van der Waals surface area (Å²) in [7, 11) is 0. The maximum Gasteiger partial charge on any atom is 0.123 e. The zero-order valence-electron chi connectivity index (χ0n) is 10.6. The predicted octanol–water partition coefficient (Wildman–Crippen LogP) is 2.38. The smallest absolute Gasteiger partial charge is 0.123 e. The van der Waals surface area contributed by atoms with Crippen molar-refractivity contribution in [2.45, 2.75) is 38.9 Å². The van der Waals surface area contributed by atoms with Crippen LogP contribution < -0.4 is 5.73 Å². The van der Waals surface area contributed by atoms with Crippen molar-refractivity contribution < 1.29 is 4.39 Å². The molecule has 0 spiro atoms. The largest absolute Gasteiger partial charge is 0.327 e. The zero-order valence-corrected chi connectivity index (χ0v) is 10.6. The zero-order chi connectivity index (χ0) is 12.4. The Bertz CT molecular complexity index is 380. The van der Waals surface area contributed by atoms with Crippen molar-refractivity contribution in [2.75, 3.05) is 6.54 Å². The quantitative estimate of drug-likeness (QED) is 0.854. The van der Waals surface area contributed by atoms with Gasteiger partial charge in [-0.05, 0) is 37.0 Å². The summed E-state index contributed by atoms with van der Waals surface area (Å²) in [5.74, 6) is 0.342. The van der Waals surface area contributed by atoms with Gasteiger partial charge in [0.05, 0.1) is 0 Å². The van der Waals surface area contributed by atoms with Crippen LogP contribution in [0.15, 0.2) is 24.3 Å². The minimum absolute atomic E-state index is 0.156. The molecule has 2 nitrogen and oxygen atoms in total. The topological polar surface area (TPSA) is 29.3 Å². The highest BCUT2D eigenvalue weighted by Crippen LogP contribution is 2.24. The van der Waals surface area contributed by atoms with E-state index in [9.17, 15) is 4.39 Å². The van der Waals surface area contributed by atoms with E-state index in [1.807, 2.05) is 6.07 Å². The van der Waals surface area contributed by atoms with E-state index in [1.165, 1.54) is 6.07 Å². The molecule has 3 unspecified atom stereocenters. The van der Waals surface area contributed by atoms with Crippen LogP contribution in [0.2, 0.25) is 0 Å². The molecule has 17 heavy (non-hydrogen) atoms. The first-order valence-electron chi connectivity index (χ1n) is 6.32. The van der Waals surface area contributed by atoms with Crippen molar-refractivity contribution in [3.8, 4) is 0 Å². The number of nitrogens with zero attached hydrogens (tertiary/aromatic N) is 1. The molecule has 1 aromatic carbocycles. The normalized spacial score (nSPS) is 30.5. The van der Waals surface area contributed by atoms with Crippen molar-refractivity contribution in [3.05, 3.63) is 35.6 Å². The van der Waals surface area contributed by atoms with E-state index in [0.717, 1.165) is 25.1 Å². The molecule has 1 aliphatic rings. The highest BCUT2D eigenvalue weighted by Gasteiger charge is 2.29. The second-order valence-corrected chi connectivity index (χ2v) is 5.15. The van der Waals surface area contributed by atoms with Crippen molar-refractivity contribution in [3.63, 3.8) is 0 Å². The molecular weight excluding hydrogens is 215 g/mol. The second-order valence-electron chi connectivity index (χ2n) is 5.15. The van der Waals surface area contributed by atoms with Gasteiger partial charge in [-0.2, -0.15) is 0 Å². The Morgan fingerprint density at radius 2 is 2.18 bits per heavy atom. The van der Waals surface area contributed by atoms with E-state index in [1.54, 1.807) is 12.1 Å². The molecular formula is C14H21FN2. The summed E-state index contributed by atoms with van der Waals surface area (Å²) in [6.07, 6.45) is 1.03. The average molecular weight is 236 g/mol. The van der Waals surface area contributed by atoms with Crippen LogP contribution in [0.25, 0.3) is 0 Å². The first-order valence-corrected chi connectivity index (χ1v) is 6.32. The molecule has 1 saturated heterocycles. The fraction of sp³-hybridized carbons (Fsp3) is 0.571. The fourth-order valence-electron chi connectivity index (χ4n) is 2.56. The van der Waals surface area contributed by atoms with Gasteiger partial charge >= 0.3 is 0 Å². The number of nitrogens with two attached hydrogens (primary N) is 1. The highest BCUT2D eigenvalue weighted by molar-refractivity contribution is 5.16. The molecule has 0 bridgehead atoms. The molecule has 1 aliphatic heterocycles. The van der Waals surface area contributed by atoms with Crippen molar-refractivity contribution in [2.24, 2.45) is 11.7 Å². The summed E-state index contributed by atoms with van der Waals surface area (Å²) in [6.45, 7) is 6.23. The molecule has 2 rings (SSSR count). The SMILES string of the molecule is CC1C(N)CCN(Cc2cccc(F)c2)C1C. The summed E-state index contributed by atoms with van der Waals surface area (Å²) in [6, 6.07) is 7.62. The lowest BCUT2D eigenvalue weighted by atomic mass is 9.87. The number of hydrogen-bond acceptors (Lipinski definition) is 2. The van der Waals surface area contributed by atoms with Crippen molar-refractivity contribution in [1.29, 1.82) is 0 Å². The van der Waals surface area contributed by atoms with Crippen molar-refractivity contribution >= 4 is 0 Å². The van der Waals surface area contributed by atoms with Crippen LogP contribution in [0.3, 0.4) is 0 Å². The third-order valence-corrected chi connectivity index (χ3v) is 4.04. The molecule has 3 atom stereocenters. The van der Waals surface area contributed by atoms with Crippen LogP contribution >= 0.6 is 0 Å². The minimum Gasteiger partial charge on any atom is -0.327 e. The van der Waals surface area contributed by atoms with Gasteiger partial charge in [0.2, 0.25) is 0 Å². The Kier molecular flexibility index (Phi) is 3.79. The second kappa shape index (κ2) is 5.15. The van der Waals surface area contributed by atoms with Gasteiger partial charge in [-0.25, -0.2) is 4.39 Å². The number of rotatable bonds is 2. The Labute approximate surface area is 103 Å². The van der Waals surface area contributed by atoms with E-state index in [2.05, 4.69) is 18.7 Å². The van der Waals surface area contributed by atoms with Crippen LogP contribution in [0.5, 0.6) is 0 Å². The van der Waals surface area contributed by atoms with Gasteiger partial charge in [0, 0.05) is 25.2 Å². The van der Waals surface area contributed by atoms with E-state index in [-0.39, 0.29) is 5.82 Å². The summed E-state index contributed by atoms with van der Waals surface area (Å²) in [5, 5.41) is 0. The number of halogens is 1. The van der Waals surface area contributed by atoms with E-state index < -0.39 is 0 Å². The Balaban J connectivity index is 2.04. The fourth-order valence-corrected chi connectivity index (χ4v) is 2.56. The lowest BCUT2D eigenvalue weighted by Gasteiger charge is -2.41. The molecule has 0 radical (unpaired) electrons. The average Bonchev–Trinajstić information content (AvgIpc) is 2.30. The number of hydrogen-bond donors (Lipinski definition) is 1. The molecule has 3 heteroatoms. The molecule has 1 aromatic rings. The third-order valence-electron chi connectivity index (χ3n) is 4.04. The number of piperidine rings is 1. The molecule has 2 N–H and O–H groups in total. The standard InChI is InChI=1S/C14H21FN2/c1-10-11(2)17(7-6-14(10)16)9-12-4-3-5-13(15)8-12/h3-5,8,10-11,14H,6-7,9,16H2,1-2H3. The van der Waals surface area contributed by atoms with Crippen LogP contribution in [-0.2, 0) is 6.54 Å². The van der Waals surface area contributed by atoms with E-state index in [4.69, 9.17) is 5.73 Å². The number of likely N-dealkylation sites (tertiary alicyclic amines) is 1. The lowest BCUT2D eigenvalue weighted by Crippen LogP contribution is -2.51. The lowest BCUT2D eigenvalue weighted by molar-refractivity contribution is 0.0909. The van der Waals surface area contributed by atoms with Gasteiger partial charge in [-0.3, -0.25) is 4.90 Å². The first-order chi connectivity index (χ1) is 8.08. The molecule has 1 heterocycles. The summed E-state index contributed by atoms with van der Waals surface area (Å²) < 4.78 is 13.1. The van der Waals surface area contributed by atoms with Crippen LogP contribution in [0.1, 0.15) is 25.8 Å². The maximum absolute atomic E-state index is 13.1. The van der Waals surface area contributed by atoms with Gasteiger partial charge in [-0.15, -0.1) is 0 Å². The highest BCUT2D eigenvalue weighted by atomic mass is 19.1. The van der Waals surface area contributed by atoms with Crippen molar-refractivity contribution in [1.82, 2.24) is 4.90 Å². The number of benzene rings is 1. The van der Waals surface area contributed by atoms with Gasteiger partial charge in [0.15, 0.2) is 0 Å². The Hall–Kier alpha value is -0.930. The Morgan fingerprint density at radius 3 is 2.88 bits per heavy atom. The molecule has 94 valence electrons. The minimum atomic E-state index is -0.156. The summed E-state index contributed by atoms with van der Waals surface area (Å²) in [5.41, 5.74) is 7.10. The third kappa shape index (κ3) is 2.85. The molecule has 0 aliphatic carbocycles. The Morgan fingerprint density at radius 1 is 1.41 bits per heavy atom. The van der Waals surface area contributed by atoms with Crippen LogP contribution in [-0.4, -0.2) is 23.5 Å². The monoisotopic (exact) mass is 236 g/mol. The molecule has 0 saturated carbocycles. The summed E-state index contributed by atoms with van der Waals surface area (Å²) >= 11 is 0. The van der Waals surface area contributed by atoms with E-state index in [0.29, 0.717) is 18.0 Å². The summed E-state index contributed by atoms with van der Waals surface area (Å²) in [4.78, 5) is 2.39. The maximum atomic E-state index is 13.1. The first kappa shape index (κ1) is 12.5.